The lowest BCUT2D eigenvalue weighted by atomic mass is 9.67. The molecule has 1 N–H and O–H groups in total. The maximum Gasteiger partial charge on any atom is 0.304 e. The number of hydrogen-bond donors (Lipinski definition) is 1. The first-order valence-corrected chi connectivity index (χ1v) is 11.9. The van der Waals surface area contributed by atoms with Crippen LogP contribution in [0, 0.1) is 0 Å². The smallest absolute Gasteiger partial charge is 0.304 e. The highest BCUT2D eigenvalue weighted by Gasteiger charge is 2.38. The summed E-state index contributed by atoms with van der Waals surface area (Å²) in [7, 11) is 1.89. The second kappa shape index (κ2) is 8.39. The summed E-state index contributed by atoms with van der Waals surface area (Å²) in [5.41, 5.74) is 2.83. The molecule has 0 radical (unpaired) electrons. The number of rotatable bonds is 7. The van der Waals surface area contributed by atoms with Crippen LogP contribution in [-0.2, 0) is 29.3 Å². The summed E-state index contributed by atoms with van der Waals surface area (Å²) in [6.07, 6.45) is 5.95. The van der Waals surface area contributed by atoms with Gasteiger partial charge in [0, 0.05) is 29.2 Å². The zero-order valence-corrected chi connectivity index (χ0v) is 20.3. The molecule has 6 heteroatoms. The van der Waals surface area contributed by atoms with Crippen molar-refractivity contribution >= 4 is 17.3 Å². The number of nitrogens with zero attached hydrogens (tertiary/aromatic N) is 2. The molecule has 1 atom stereocenters. The Labute approximate surface area is 194 Å². The van der Waals surface area contributed by atoms with Crippen LogP contribution in [0.5, 0.6) is 5.75 Å². The Morgan fingerprint density at radius 2 is 1.88 bits per heavy atom. The minimum atomic E-state index is -0.842. The van der Waals surface area contributed by atoms with E-state index in [1.807, 2.05) is 53.4 Å². The molecule has 0 amide bonds. The average molecular weight is 453 g/mol. The van der Waals surface area contributed by atoms with E-state index in [1.165, 1.54) is 28.2 Å². The van der Waals surface area contributed by atoms with Gasteiger partial charge in [0.1, 0.15) is 18.2 Å². The fourth-order valence-electron chi connectivity index (χ4n) is 4.59. The number of thiophene rings is 1. The second-order valence-electron chi connectivity index (χ2n) is 10.1. The van der Waals surface area contributed by atoms with Gasteiger partial charge in [0.05, 0.1) is 12.3 Å². The molecule has 5 nitrogen and oxygen atoms in total. The summed E-state index contributed by atoms with van der Waals surface area (Å²) in [6.45, 7) is 9.91. The molecule has 1 aliphatic rings. The summed E-state index contributed by atoms with van der Waals surface area (Å²) in [5.74, 6) is 0.392. The lowest BCUT2D eigenvalue weighted by molar-refractivity contribution is -0.137. The van der Waals surface area contributed by atoms with E-state index in [9.17, 15) is 9.90 Å². The quantitative estimate of drug-likeness (QED) is 0.476. The van der Waals surface area contributed by atoms with Gasteiger partial charge in [-0.05, 0) is 53.0 Å². The van der Waals surface area contributed by atoms with Crippen LogP contribution in [0.1, 0.15) is 79.6 Å². The SMILES string of the molecule is Cn1ccnc1[C@@H](CC(=O)O)c1ccc(OCc2cc3c(s2)C(C)(C)CCC3(C)C)cc1. The van der Waals surface area contributed by atoms with Crippen LogP contribution in [0.4, 0.5) is 0 Å². The minimum absolute atomic E-state index is 0.00260. The van der Waals surface area contributed by atoms with Crippen molar-refractivity contribution in [3.63, 3.8) is 0 Å². The second-order valence-corrected chi connectivity index (χ2v) is 11.3. The number of aryl methyl sites for hydroxylation is 1. The first kappa shape index (κ1) is 22.6. The van der Waals surface area contributed by atoms with Gasteiger partial charge in [-0.2, -0.15) is 0 Å². The highest BCUT2D eigenvalue weighted by atomic mass is 32.1. The molecule has 0 bridgehead atoms. The van der Waals surface area contributed by atoms with Crippen LogP contribution in [0.2, 0.25) is 0 Å². The Hall–Kier alpha value is -2.60. The van der Waals surface area contributed by atoms with Crippen LogP contribution in [0.25, 0.3) is 0 Å². The number of aromatic nitrogens is 2. The fourth-order valence-corrected chi connectivity index (χ4v) is 5.97. The zero-order valence-electron chi connectivity index (χ0n) is 19.5. The number of fused-ring (bicyclic) bond motifs is 1. The first-order chi connectivity index (χ1) is 15.1. The van der Waals surface area contributed by atoms with Crippen molar-refractivity contribution in [2.24, 2.45) is 7.05 Å². The molecule has 1 aliphatic carbocycles. The topological polar surface area (TPSA) is 64.4 Å². The number of carboxylic acid groups (broad SMARTS) is 1. The molecule has 3 aromatic rings. The van der Waals surface area contributed by atoms with Gasteiger partial charge in [0.2, 0.25) is 0 Å². The Morgan fingerprint density at radius 1 is 1.19 bits per heavy atom. The number of imidazole rings is 1. The highest BCUT2D eigenvalue weighted by Crippen LogP contribution is 2.49. The Balaban J connectivity index is 1.50. The third-order valence-electron chi connectivity index (χ3n) is 6.71. The molecule has 1 aromatic carbocycles. The molecule has 0 unspecified atom stereocenters. The molecule has 0 aliphatic heterocycles. The molecule has 2 aromatic heterocycles. The van der Waals surface area contributed by atoms with Crippen LogP contribution in [0.15, 0.2) is 42.7 Å². The Kier molecular flexibility index (Phi) is 5.93. The van der Waals surface area contributed by atoms with E-state index < -0.39 is 5.97 Å². The minimum Gasteiger partial charge on any atom is -0.488 e. The summed E-state index contributed by atoms with van der Waals surface area (Å²) in [4.78, 5) is 18.5. The van der Waals surface area contributed by atoms with Crippen molar-refractivity contribution in [2.45, 2.75) is 70.3 Å². The molecule has 0 fully saturated rings. The van der Waals surface area contributed by atoms with Gasteiger partial charge in [0.25, 0.3) is 0 Å². The molecule has 170 valence electrons. The van der Waals surface area contributed by atoms with Crippen molar-refractivity contribution in [2.75, 3.05) is 0 Å². The van der Waals surface area contributed by atoms with Crippen LogP contribution in [-0.4, -0.2) is 20.6 Å². The van der Waals surface area contributed by atoms with E-state index in [1.54, 1.807) is 6.20 Å². The number of benzene rings is 1. The number of hydrogen-bond acceptors (Lipinski definition) is 4. The van der Waals surface area contributed by atoms with Crippen molar-refractivity contribution in [1.82, 2.24) is 9.55 Å². The van der Waals surface area contributed by atoms with Gasteiger partial charge in [-0.1, -0.05) is 39.8 Å². The van der Waals surface area contributed by atoms with Gasteiger partial charge in [-0.25, -0.2) is 4.98 Å². The number of carbonyl (C=O) groups is 1. The number of ether oxygens (including phenoxy) is 1. The summed E-state index contributed by atoms with van der Waals surface area (Å²) in [6, 6.07) is 10.1. The third kappa shape index (κ3) is 4.46. The Morgan fingerprint density at radius 3 is 2.47 bits per heavy atom. The lowest BCUT2D eigenvalue weighted by Gasteiger charge is -2.39. The summed E-state index contributed by atoms with van der Waals surface area (Å²) >= 11 is 1.88. The molecule has 32 heavy (non-hydrogen) atoms. The molecular formula is C26H32N2O3S. The maximum atomic E-state index is 11.4. The van der Waals surface area contributed by atoms with Crippen molar-refractivity contribution < 1.29 is 14.6 Å². The van der Waals surface area contributed by atoms with E-state index in [2.05, 4.69) is 38.7 Å². The molecular weight excluding hydrogens is 420 g/mol. The van der Waals surface area contributed by atoms with Gasteiger partial charge in [0.15, 0.2) is 0 Å². The van der Waals surface area contributed by atoms with Crippen LogP contribution in [0.3, 0.4) is 0 Å². The Bertz CT molecular complexity index is 1080. The van der Waals surface area contributed by atoms with E-state index in [0.29, 0.717) is 6.61 Å². The van der Waals surface area contributed by atoms with Gasteiger partial charge in [-0.15, -0.1) is 11.3 Å². The van der Waals surface area contributed by atoms with Crippen molar-refractivity contribution in [1.29, 1.82) is 0 Å². The van der Waals surface area contributed by atoms with Crippen molar-refractivity contribution in [3.8, 4) is 5.75 Å². The summed E-state index contributed by atoms with van der Waals surface area (Å²) < 4.78 is 7.98. The lowest BCUT2D eigenvalue weighted by Crippen LogP contribution is -2.31. The monoisotopic (exact) mass is 452 g/mol. The molecule has 0 saturated carbocycles. The van der Waals surface area contributed by atoms with Crippen LogP contribution >= 0.6 is 11.3 Å². The normalized spacial score (nSPS) is 17.5. The summed E-state index contributed by atoms with van der Waals surface area (Å²) in [5, 5.41) is 9.38. The van der Waals surface area contributed by atoms with E-state index in [-0.39, 0.29) is 23.2 Å². The molecule has 0 saturated heterocycles. The molecule has 2 heterocycles. The predicted molar refractivity (Wildman–Crippen MR) is 128 cm³/mol. The highest BCUT2D eigenvalue weighted by molar-refractivity contribution is 7.12. The van der Waals surface area contributed by atoms with Gasteiger partial charge < -0.3 is 14.4 Å². The molecule has 0 spiro atoms. The first-order valence-electron chi connectivity index (χ1n) is 11.1. The van der Waals surface area contributed by atoms with Gasteiger partial charge in [-0.3, -0.25) is 4.79 Å². The van der Waals surface area contributed by atoms with E-state index in [4.69, 9.17) is 4.74 Å². The van der Waals surface area contributed by atoms with Crippen molar-refractivity contribution in [3.05, 3.63) is 69.4 Å². The zero-order chi connectivity index (χ0) is 23.1. The van der Waals surface area contributed by atoms with E-state index >= 15 is 0 Å². The van der Waals surface area contributed by atoms with Gasteiger partial charge >= 0.3 is 5.97 Å². The third-order valence-corrected chi connectivity index (χ3v) is 8.19. The fraction of sp³-hybridized carbons (Fsp3) is 0.462. The standard InChI is InChI=1S/C26H32N2O3S/c1-25(2)10-11-26(3,4)23-21(25)14-19(32-23)16-31-18-8-6-17(7-9-18)20(15-22(29)30)24-27-12-13-28(24)5/h6-9,12-14,20H,10-11,15-16H2,1-5H3,(H,29,30)/t20-/m0/s1. The van der Waals surface area contributed by atoms with E-state index in [0.717, 1.165) is 17.1 Å². The average Bonchev–Trinajstić information content (AvgIpc) is 3.36. The maximum absolute atomic E-state index is 11.4. The number of aliphatic carboxylic acids is 1. The predicted octanol–water partition coefficient (Wildman–Crippen LogP) is 6.02. The number of carboxylic acids is 1. The largest absolute Gasteiger partial charge is 0.488 e. The molecule has 4 rings (SSSR count). The van der Waals surface area contributed by atoms with Crippen LogP contribution < -0.4 is 4.74 Å².